The molecule has 0 aliphatic carbocycles. The maximum atomic E-state index is 12.9. The van der Waals surface area contributed by atoms with Crippen LogP contribution in [0.4, 0.5) is 10.1 Å². The third kappa shape index (κ3) is 3.58. The van der Waals surface area contributed by atoms with Gasteiger partial charge >= 0.3 is 0 Å². The minimum Gasteiger partial charge on any atom is -0.351 e. The van der Waals surface area contributed by atoms with Crippen LogP contribution in [-0.4, -0.2) is 19.5 Å². The Morgan fingerprint density at radius 2 is 1.60 bits per heavy atom. The van der Waals surface area contributed by atoms with E-state index in [1.54, 1.807) is 6.92 Å². The third-order valence-corrected chi connectivity index (χ3v) is 5.18. The lowest BCUT2D eigenvalue weighted by Crippen LogP contribution is -2.11. The second kappa shape index (κ2) is 6.48. The van der Waals surface area contributed by atoms with Crippen molar-refractivity contribution in [2.75, 3.05) is 5.32 Å². The van der Waals surface area contributed by atoms with Gasteiger partial charge in [-0.15, -0.1) is 0 Å². The number of aromatic nitrogens is 1. The molecule has 1 amide bonds. The lowest BCUT2D eigenvalue weighted by Gasteiger charge is -2.07. The number of sulfone groups is 1. The molecule has 0 spiro atoms. The van der Waals surface area contributed by atoms with E-state index in [1.165, 1.54) is 42.5 Å². The van der Waals surface area contributed by atoms with Gasteiger partial charge in [-0.05, 0) is 55.5 Å². The number of rotatable bonds is 4. The van der Waals surface area contributed by atoms with Gasteiger partial charge in [0.2, 0.25) is 15.6 Å². The van der Waals surface area contributed by atoms with Crippen LogP contribution in [0.1, 0.15) is 16.2 Å². The van der Waals surface area contributed by atoms with Crippen LogP contribution < -0.4 is 5.32 Å². The molecule has 128 valence electrons. The fourth-order valence-electron chi connectivity index (χ4n) is 2.13. The predicted molar refractivity (Wildman–Crippen MR) is 87.5 cm³/mol. The lowest BCUT2D eigenvalue weighted by molar-refractivity contribution is 0.0988. The zero-order valence-electron chi connectivity index (χ0n) is 13.1. The molecule has 0 atom stereocenters. The summed E-state index contributed by atoms with van der Waals surface area (Å²) in [4.78, 5) is 12.0. The predicted octanol–water partition coefficient (Wildman–Crippen LogP) is 3.21. The first-order valence-electron chi connectivity index (χ1n) is 7.22. The molecule has 0 radical (unpaired) electrons. The molecule has 0 fully saturated rings. The molecule has 6 nitrogen and oxygen atoms in total. The summed E-state index contributed by atoms with van der Waals surface area (Å²) < 4.78 is 42.7. The van der Waals surface area contributed by atoms with Crippen molar-refractivity contribution in [2.24, 2.45) is 0 Å². The van der Waals surface area contributed by atoms with Crippen molar-refractivity contribution in [3.63, 3.8) is 0 Å². The van der Waals surface area contributed by atoms with Crippen LogP contribution in [0.2, 0.25) is 0 Å². The number of aryl methyl sites for hydroxylation is 1. The molecule has 1 N–H and O–H groups in total. The molecule has 8 heteroatoms. The van der Waals surface area contributed by atoms with Gasteiger partial charge in [0.25, 0.3) is 5.91 Å². The Balaban J connectivity index is 1.80. The number of halogens is 1. The van der Waals surface area contributed by atoms with E-state index in [1.807, 2.05) is 0 Å². The summed E-state index contributed by atoms with van der Waals surface area (Å²) in [5, 5.41) is 6.20. The molecule has 2 aromatic carbocycles. The van der Waals surface area contributed by atoms with Crippen LogP contribution in [0.25, 0.3) is 0 Å². The smallest absolute Gasteiger partial charge is 0.294 e. The normalized spacial score (nSPS) is 11.3. The van der Waals surface area contributed by atoms with Crippen LogP contribution in [-0.2, 0) is 9.84 Å². The molecule has 25 heavy (non-hydrogen) atoms. The van der Waals surface area contributed by atoms with Crippen molar-refractivity contribution in [3.8, 4) is 0 Å². The molecule has 3 aromatic rings. The maximum absolute atomic E-state index is 12.9. The van der Waals surface area contributed by atoms with Crippen LogP contribution in [0, 0.1) is 12.7 Å². The molecule has 0 saturated carbocycles. The third-order valence-electron chi connectivity index (χ3n) is 3.40. The topological polar surface area (TPSA) is 89.3 Å². The van der Waals surface area contributed by atoms with Gasteiger partial charge in [0.15, 0.2) is 0 Å². The van der Waals surface area contributed by atoms with Crippen LogP contribution >= 0.6 is 0 Å². The number of amides is 1. The first kappa shape index (κ1) is 16.8. The number of carbonyl (C=O) groups is 1. The van der Waals surface area contributed by atoms with Gasteiger partial charge < -0.3 is 9.84 Å². The van der Waals surface area contributed by atoms with E-state index >= 15 is 0 Å². The van der Waals surface area contributed by atoms with Gasteiger partial charge in [-0.3, -0.25) is 4.79 Å². The number of carbonyl (C=O) groups excluding carboxylic acids is 1. The summed E-state index contributed by atoms with van der Waals surface area (Å²) in [6.45, 7) is 1.69. The van der Waals surface area contributed by atoms with Gasteiger partial charge in [0.1, 0.15) is 5.82 Å². The van der Waals surface area contributed by atoms with Crippen molar-refractivity contribution < 1.29 is 22.1 Å². The van der Waals surface area contributed by atoms with Crippen molar-refractivity contribution in [1.82, 2.24) is 5.16 Å². The largest absolute Gasteiger partial charge is 0.351 e. The van der Waals surface area contributed by atoms with Crippen LogP contribution in [0.3, 0.4) is 0 Å². The Labute approximate surface area is 143 Å². The van der Waals surface area contributed by atoms with E-state index in [-0.39, 0.29) is 15.6 Å². The molecule has 1 heterocycles. The van der Waals surface area contributed by atoms with E-state index in [2.05, 4.69) is 10.5 Å². The molecular weight excluding hydrogens is 347 g/mol. The summed E-state index contributed by atoms with van der Waals surface area (Å²) in [7, 11) is -3.76. The highest BCUT2D eigenvalue weighted by molar-refractivity contribution is 7.91. The second-order valence-electron chi connectivity index (χ2n) is 5.27. The molecular formula is C17H13FN2O4S. The molecule has 1 aromatic heterocycles. The highest BCUT2D eigenvalue weighted by atomic mass is 32.2. The average Bonchev–Trinajstić information content (AvgIpc) is 3.02. The molecule has 0 aliphatic rings. The highest BCUT2D eigenvalue weighted by Crippen LogP contribution is 2.22. The first-order chi connectivity index (χ1) is 11.9. The highest BCUT2D eigenvalue weighted by Gasteiger charge is 2.18. The summed E-state index contributed by atoms with van der Waals surface area (Å²) in [5.74, 6) is -0.949. The number of nitrogens with zero attached hydrogens (tertiary/aromatic N) is 1. The van der Waals surface area contributed by atoms with Gasteiger partial charge in [-0.25, -0.2) is 12.8 Å². The molecule has 0 aliphatic heterocycles. The monoisotopic (exact) mass is 360 g/mol. The summed E-state index contributed by atoms with van der Waals surface area (Å²) in [6.07, 6.45) is 0. The Morgan fingerprint density at radius 3 is 2.12 bits per heavy atom. The molecule has 3 rings (SSSR count). The quantitative estimate of drug-likeness (QED) is 0.722. The fourth-order valence-corrected chi connectivity index (χ4v) is 3.39. The second-order valence-corrected chi connectivity index (χ2v) is 7.22. The number of hydrogen-bond donors (Lipinski definition) is 1. The van der Waals surface area contributed by atoms with Gasteiger partial charge in [-0.2, -0.15) is 0 Å². The Hall–Kier alpha value is -3.00. The number of benzene rings is 2. The number of hydrogen-bond acceptors (Lipinski definition) is 5. The van der Waals surface area contributed by atoms with Crippen LogP contribution in [0.15, 0.2) is 68.9 Å². The van der Waals surface area contributed by atoms with E-state index < -0.39 is 21.6 Å². The first-order valence-corrected chi connectivity index (χ1v) is 8.70. The standard InChI is InChI=1S/C17H13FN2O4S/c1-11-10-16(24-20-11)17(21)19-13-4-8-15(9-5-13)25(22,23)14-6-2-12(18)3-7-14/h2-10H,1H3,(H,19,21). The SMILES string of the molecule is Cc1cc(C(=O)Nc2ccc(S(=O)(=O)c3ccc(F)cc3)cc2)on1. The number of anilines is 1. The van der Waals surface area contributed by atoms with Crippen molar-refractivity contribution in [3.05, 3.63) is 71.9 Å². The van der Waals surface area contributed by atoms with E-state index in [0.717, 1.165) is 12.1 Å². The molecule has 0 bridgehead atoms. The van der Waals surface area contributed by atoms with Gasteiger partial charge in [0.05, 0.1) is 15.5 Å². The average molecular weight is 360 g/mol. The van der Waals surface area contributed by atoms with Crippen LogP contribution in [0.5, 0.6) is 0 Å². The van der Waals surface area contributed by atoms with E-state index in [9.17, 15) is 17.6 Å². The van der Waals surface area contributed by atoms with Gasteiger partial charge in [-0.1, -0.05) is 5.16 Å². The summed E-state index contributed by atoms with van der Waals surface area (Å²) in [6, 6.07) is 11.7. The molecule has 0 saturated heterocycles. The Bertz CT molecular complexity index is 1010. The zero-order valence-corrected chi connectivity index (χ0v) is 13.9. The van der Waals surface area contributed by atoms with Crippen molar-refractivity contribution in [1.29, 1.82) is 0 Å². The van der Waals surface area contributed by atoms with E-state index in [4.69, 9.17) is 4.52 Å². The van der Waals surface area contributed by atoms with Crippen molar-refractivity contribution in [2.45, 2.75) is 16.7 Å². The maximum Gasteiger partial charge on any atom is 0.294 e. The van der Waals surface area contributed by atoms with Crippen molar-refractivity contribution >= 4 is 21.4 Å². The Morgan fingerprint density at radius 1 is 1.04 bits per heavy atom. The Kier molecular flexibility index (Phi) is 4.37. The van der Waals surface area contributed by atoms with E-state index in [0.29, 0.717) is 11.4 Å². The fraction of sp³-hybridized carbons (Fsp3) is 0.0588. The minimum atomic E-state index is -3.76. The minimum absolute atomic E-state index is 0.0113. The van der Waals surface area contributed by atoms with Gasteiger partial charge in [0, 0.05) is 11.8 Å². The lowest BCUT2D eigenvalue weighted by atomic mass is 10.3. The summed E-state index contributed by atoms with van der Waals surface area (Å²) >= 11 is 0. The molecule has 0 unspecified atom stereocenters. The summed E-state index contributed by atoms with van der Waals surface area (Å²) in [5.41, 5.74) is 0.975. The number of nitrogens with one attached hydrogen (secondary N) is 1. The zero-order chi connectivity index (χ0) is 18.0.